The van der Waals surface area contributed by atoms with E-state index in [4.69, 9.17) is 9.47 Å². The lowest BCUT2D eigenvalue weighted by Crippen LogP contribution is -2.19. The summed E-state index contributed by atoms with van der Waals surface area (Å²) in [6.45, 7) is 22.1. The van der Waals surface area contributed by atoms with Crippen LogP contribution < -0.4 is 0 Å². The molecule has 0 aromatic heterocycles. The van der Waals surface area contributed by atoms with E-state index >= 15 is 0 Å². The Morgan fingerprint density at radius 2 is 1.16 bits per heavy atom. The highest BCUT2D eigenvalue weighted by atomic mass is 16.7. The molecule has 0 unspecified atom stereocenters. The van der Waals surface area contributed by atoms with Gasteiger partial charge in [0.15, 0.2) is 0 Å². The summed E-state index contributed by atoms with van der Waals surface area (Å²) in [5, 5.41) is 0. The van der Waals surface area contributed by atoms with Crippen LogP contribution in [-0.4, -0.2) is 12.8 Å². The highest BCUT2D eigenvalue weighted by Crippen LogP contribution is 2.41. The van der Waals surface area contributed by atoms with Gasteiger partial charge in [0.1, 0.15) is 12.9 Å². The average molecular weight is 585 g/mol. The van der Waals surface area contributed by atoms with E-state index in [1.165, 1.54) is 78.2 Å². The number of hydrogen-bond acceptors (Lipinski definition) is 3. The Bertz CT molecular complexity index is 1290. The third-order valence-electron chi connectivity index (χ3n) is 8.49. The van der Waals surface area contributed by atoms with Gasteiger partial charge in [0.2, 0.25) is 0 Å². The fourth-order valence-electron chi connectivity index (χ4n) is 5.79. The summed E-state index contributed by atoms with van der Waals surface area (Å²) in [6, 6.07) is 0. The third kappa shape index (κ3) is 12.8. The van der Waals surface area contributed by atoms with Crippen LogP contribution >= 0.6 is 0 Å². The van der Waals surface area contributed by atoms with Gasteiger partial charge in [-0.1, -0.05) is 116 Å². The van der Waals surface area contributed by atoms with Crippen molar-refractivity contribution in [2.24, 2.45) is 10.8 Å². The minimum atomic E-state index is -0.717. The molecule has 2 aliphatic rings. The van der Waals surface area contributed by atoms with Gasteiger partial charge in [0.25, 0.3) is 0 Å². The Morgan fingerprint density at radius 3 is 1.63 bits per heavy atom. The molecule has 0 fully saturated rings. The molecular formula is C40H56O3. The van der Waals surface area contributed by atoms with Gasteiger partial charge >= 0.3 is 6.16 Å². The number of hydrogen-bond donors (Lipinski definition) is 0. The van der Waals surface area contributed by atoms with Gasteiger partial charge in [-0.3, -0.25) is 0 Å². The predicted molar refractivity (Wildman–Crippen MR) is 185 cm³/mol. The first-order chi connectivity index (χ1) is 20.2. The Balaban J connectivity index is 1.79. The summed E-state index contributed by atoms with van der Waals surface area (Å²) >= 11 is 0. The maximum Gasteiger partial charge on any atom is 0.513 e. The molecule has 0 bridgehead atoms. The lowest BCUT2D eigenvalue weighted by Gasteiger charge is -2.33. The smallest absolute Gasteiger partial charge is 0.430 e. The van der Waals surface area contributed by atoms with Crippen molar-refractivity contribution in [1.29, 1.82) is 0 Å². The van der Waals surface area contributed by atoms with E-state index in [0.717, 1.165) is 11.1 Å². The van der Waals surface area contributed by atoms with E-state index in [1.54, 1.807) is 0 Å². The molecule has 3 heteroatoms. The highest BCUT2D eigenvalue weighted by Gasteiger charge is 2.27. The molecule has 43 heavy (non-hydrogen) atoms. The van der Waals surface area contributed by atoms with Crippen LogP contribution in [0.5, 0.6) is 0 Å². The van der Waals surface area contributed by atoms with E-state index in [9.17, 15) is 4.79 Å². The van der Waals surface area contributed by atoms with Gasteiger partial charge in [-0.25, -0.2) is 4.79 Å². The van der Waals surface area contributed by atoms with E-state index in [2.05, 4.69) is 91.8 Å². The Hall–Kier alpha value is -3.33. The number of ether oxygens (including phenoxy) is 2. The first-order valence-electron chi connectivity index (χ1n) is 15.8. The van der Waals surface area contributed by atoms with Crippen LogP contribution in [0.3, 0.4) is 0 Å². The zero-order valence-corrected chi connectivity index (χ0v) is 28.6. The summed E-state index contributed by atoms with van der Waals surface area (Å²) < 4.78 is 10.3. The second-order valence-electron chi connectivity index (χ2n) is 13.6. The molecule has 0 amide bonds. The van der Waals surface area contributed by atoms with Crippen molar-refractivity contribution in [3.63, 3.8) is 0 Å². The summed E-state index contributed by atoms with van der Waals surface area (Å²) in [5.41, 5.74) is 10.6. The fourth-order valence-corrected chi connectivity index (χ4v) is 5.79. The third-order valence-corrected chi connectivity index (χ3v) is 8.49. The highest BCUT2D eigenvalue weighted by molar-refractivity contribution is 5.61. The molecule has 0 aromatic rings. The molecule has 3 nitrogen and oxygen atoms in total. The average Bonchev–Trinajstić information content (AvgIpc) is 2.90. The molecule has 0 aromatic carbocycles. The standard InChI is InChI=1S/C40H56O3/c1-30(21-23-36-34(5)19-13-26-39(36,7)8)15-11-17-32(3)25-28-42-38(41)43-29-33(4)18-12-16-31(2)22-24-37-35(6)20-14-27-40(37,9)10/h11-12,15-18,21-25,29H,13-14,19-20,26-28H2,1-10H3. The maximum absolute atomic E-state index is 12.0. The topological polar surface area (TPSA) is 35.5 Å². The summed E-state index contributed by atoms with van der Waals surface area (Å²) in [7, 11) is 0. The molecule has 0 radical (unpaired) electrons. The van der Waals surface area contributed by atoms with Crippen LogP contribution in [0.1, 0.15) is 108 Å². The predicted octanol–water partition coefficient (Wildman–Crippen LogP) is 12.2. The van der Waals surface area contributed by atoms with Crippen LogP contribution in [0.4, 0.5) is 4.79 Å². The summed E-state index contributed by atoms with van der Waals surface area (Å²) in [4.78, 5) is 12.0. The summed E-state index contributed by atoms with van der Waals surface area (Å²) in [6.07, 6.45) is 31.0. The second kappa shape index (κ2) is 17.1. The van der Waals surface area contributed by atoms with Crippen molar-refractivity contribution >= 4 is 6.16 Å². The molecule has 0 heterocycles. The number of carbonyl (C=O) groups excluding carboxylic acids is 1. The largest absolute Gasteiger partial charge is 0.513 e. The number of carbonyl (C=O) groups is 1. The molecule has 234 valence electrons. The lowest BCUT2D eigenvalue weighted by molar-refractivity contribution is 0.0939. The van der Waals surface area contributed by atoms with Gasteiger partial charge in [-0.05, 0) is 114 Å². The minimum absolute atomic E-state index is 0.157. The maximum atomic E-state index is 12.0. The van der Waals surface area contributed by atoms with Crippen molar-refractivity contribution < 1.29 is 14.3 Å². The van der Waals surface area contributed by atoms with E-state index in [-0.39, 0.29) is 17.4 Å². The van der Waals surface area contributed by atoms with Crippen molar-refractivity contribution in [2.75, 3.05) is 6.61 Å². The van der Waals surface area contributed by atoms with Gasteiger partial charge in [0.05, 0.1) is 0 Å². The Labute approximate surface area is 262 Å². The number of allylic oxidation sites excluding steroid dienone is 18. The Morgan fingerprint density at radius 1 is 0.698 bits per heavy atom. The molecule has 0 saturated heterocycles. The summed E-state index contributed by atoms with van der Waals surface area (Å²) in [5.74, 6) is 0. The zero-order valence-electron chi connectivity index (χ0n) is 28.6. The molecule has 0 atom stereocenters. The van der Waals surface area contributed by atoms with Crippen molar-refractivity contribution in [2.45, 2.75) is 108 Å². The molecular weight excluding hydrogens is 528 g/mol. The van der Waals surface area contributed by atoms with Gasteiger partial charge < -0.3 is 9.47 Å². The molecule has 0 spiro atoms. The monoisotopic (exact) mass is 584 g/mol. The van der Waals surface area contributed by atoms with Crippen LogP contribution in [0, 0.1) is 10.8 Å². The zero-order chi connectivity index (χ0) is 32.0. The van der Waals surface area contributed by atoms with Crippen molar-refractivity contribution in [3.05, 3.63) is 118 Å². The SMILES string of the molecule is CC(C=CC1=C(C)CCCC1(C)C)=CC=CC(C)=CCOC(=O)OC=C(C)C=CC=C(C)C=CC1=C(C)CCCC1(C)C. The molecule has 0 N–H and O–H groups in total. The molecule has 0 saturated carbocycles. The van der Waals surface area contributed by atoms with E-state index < -0.39 is 6.16 Å². The van der Waals surface area contributed by atoms with E-state index in [0.29, 0.717) is 0 Å². The Kier molecular flexibility index (Phi) is 14.3. The van der Waals surface area contributed by atoms with Crippen LogP contribution in [0.15, 0.2) is 118 Å². The first-order valence-corrected chi connectivity index (χ1v) is 15.8. The number of rotatable bonds is 11. The normalized spacial score (nSPS) is 20.8. The molecule has 2 aliphatic carbocycles. The van der Waals surface area contributed by atoms with Gasteiger partial charge in [-0.15, -0.1) is 0 Å². The van der Waals surface area contributed by atoms with E-state index in [1.807, 2.05) is 44.2 Å². The lowest BCUT2D eigenvalue weighted by atomic mass is 9.72. The van der Waals surface area contributed by atoms with Crippen LogP contribution in [0.25, 0.3) is 0 Å². The van der Waals surface area contributed by atoms with Crippen molar-refractivity contribution in [3.8, 4) is 0 Å². The van der Waals surface area contributed by atoms with Gasteiger partial charge in [-0.2, -0.15) is 0 Å². The fraction of sp³-hybridized carbons (Fsp3) is 0.475. The van der Waals surface area contributed by atoms with Crippen LogP contribution in [0.2, 0.25) is 0 Å². The minimum Gasteiger partial charge on any atom is -0.430 e. The van der Waals surface area contributed by atoms with Gasteiger partial charge in [0, 0.05) is 0 Å². The quantitative estimate of drug-likeness (QED) is 0.138. The van der Waals surface area contributed by atoms with Crippen molar-refractivity contribution in [1.82, 2.24) is 0 Å². The molecule has 0 aliphatic heterocycles. The first kappa shape index (κ1) is 35.9. The second-order valence-corrected chi connectivity index (χ2v) is 13.6. The van der Waals surface area contributed by atoms with Crippen LogP contribution in [-0.2, 0) is 9.47 Å². The molecule has 2 rings (SSSR count).